The van der Waals surface area contributed by atoms with Crippen molar-refractivity contribution in [3.63, 3.8) is 0 Å². The lowest BCUT2D eigenvalue weighted by atomic mass is 9.92. The summed E-state index contributed by atoms with van der Waals surface area (Å²) in [6.07, 6.45) is 5.03. The van der Waals surface area contributed by atoms with Crippen molar-refractivity contribution in [3.05, 3.63) is 0 Å². The molecule has 0 radical (unpaired) electrons. The third-order valence-corrected chi connectivity index (χ3v) is 6.14. The number of carbonyl (C=O) groups excluding carboxylic acids is 3. The van der Waals surface area contributed by atoms with Crippen LogP contribution in [-0.4, -0.2) is 72.5 Å². The van der Waals surface area contributed by atoms with Crippen LogP contribution in [0.2, 0.25) is 0 Å². The van der Waals surface area contributed by atoms with Gasteiger partial charge in [-0.2, -0.15) is 0 Å². The van der Waals surface area contributed by atoms with Gasteiger partial charge in [-0.05, 0) is 51.1 Å². The maximum Gasteiger partial charge on any atom is 0.328 e. The maximum atomic E-state index is 12.6. The molecular weight excluding hydrogens is 400 g/mol. The molecule has 2 rings (SSSR count). The van der Waals surface area contributed by atoms with Crippen LogP contribution in [0.3, 0.4) is 0 Å². The van der Waals surface area contributed by atoms with Crippen LogP contribution in [-0.2, 0) is 19.2 Å². The zero-order valence-corrected chi connectivity index (χ0v) is 19.0. The molecule has 0 saturated carbocycles. The van der Waals surface area contributed by atoms with Gasteiger partial charge in [0.25, 0.3) is 0 Å². The van der Waals surface area contributed by atoms with Crippen LogP contribution in [0.5, 0.6) is 0 Å². The monoisotopic (exact) mass is 438 g/mol. The number of aliphatic carboxylic acids is 1. The van der Waals surface area contributed by atoms with E-state index in [1.165, 1.54) is 0 Å². The largest absolute Gasteiger partial charge is 0.480 e. The smallest absolute Gasteiger partial charge is 0.328 e. The van der Waals surface area contributed by atoms with Gasteiger partial charge in [-0.25, -0.2) is 4.79 Å². The summed E-state index contributed by atoms with van der Waals surface area (Å²) in [6, 6.07) is -1.19. The number of amides is 3. The van der Waals surface area contributed by atoms with Crippen molar-refractivity contribution in [2.24, 2.45) is 17.3 Å². The van der Waals surface area contributed by atoms with E-state index in [0.29, 0.717) is 31.8 Å². The summed E-state index contributed by atoms with van der Waals surface area (Å²) in [5, 5.41) is 17.8. The van der Waals surface area contributed by atoms with E-state index in [1.807, 2.05) is 0 Å². The van der Waals surface area contributed by atoms with Crippen LogP contribution in [0, 0.1) is 17.3 Å². The summed E-state index contributed by atoms with van der Waals surface area (Å²) >= 11 is 0. The van der Waals surface area contributed by atoms with Gasteiger partial charge in [0, 0.05) is 31.5 Å². The number of carbonyl (C=O) groups is 4. The van der Waals surface area contributed by atoms with Crippen molar-refractivity contribution in [2.75, 3.05) is 32.7 Å². The van der Waals surface area contributed by atoms with Crippen molar-refractivity contribution in [1.82, 2.24) is 20.9 Å². The maximum absolute atomic E-state index is 12.6. The van der Waals surface area contributed by atoms with Gasteiger partial charge in [-0.3, -0.25) is 14.4 Å². The third-order valence-electron chi connectivity index (χ3n) is 6.14. The average Bonchev–Trinajstić information content (AvgIpc) is 2.74. The predicted octanol–water partition coefficient (Wildman–Crippen LogP) is 0.737. The topological polar surface area (TPSA) is 128 Å². The van der Waals surface area contributed by atoms with Gasteiger partial charge in [-0.1, -0.05) is 20.8 Å². The van der Waals surface area contributed by atoms with Crippen molar-refractivity contribution in [1.29, 1.82) is 0 Å². The van der Waals surface area contributed by atoms with E-state index in [1.54, 1.807) is 25.7 Å². The van der Waals surface area contributed by atoms with Gasteiger partial charge in [0.1, 0.15) is 6.04 Å². The molecule has 0 aromatic rings. The lowest BCUT2D eigenvalue weighted by Gasteiger charge is -2.33. The van der Waals surface area contributed by atoms with Crippen molar-refractivity contribution in [3.8, 4) is 0 Å². The van der Waals surface area contributed by atoms with Crippen LogP contribution < -0.4 is 16.0 Å². The minimum absolute atomic E-state index is 0.0943. The summed E-state index contributed by atoms with van der Waals surface area (Å²) in [5.41, 5.74) is -0.726. The van der Waals surface area contributed by atoms with Crippen molar-refractivity contribution >= 4 is 23.7 Å². The molecule has 3 amide bonds. The van der Waals surface area contributed by atoms with Crippen molar-refractivity contribution < 1.29 is 24.3 Å². The van der Waals surface area contributed by atoms with E-state index in [9.17, 15) is 24.3 Å². The summed E-state index contributed by atoms with van der Waals surface area (Å²) in [4.78, 5) is 50.6. The number of nitrogens with zero attached hydrogens (tertiary/aromatic N) is 1. The average molecular weight is 439 g/mol. The lowest BCUT2D eigenvalue weighted by Crippen LogP contribution is -2.53. The second-order valence-corrected chi connectivity index (χ2v) is 9.77. The van der Waals surface area contributed by atoms with Gasteiger partial charge >= 0.3 is 5.97 Å². The Kier molecular flexibility index (Phi) is 9.28. The van der Waals surface area contributed by atoms with Gasteiger partial charge in [0.15, 0.2) is 0 Å². The summed E-state index contributed by atoms with van der Waals surface area (Å²) < 4.78 is 0. The number of likely N-dealkylation sites (tertiary alicyclic amines) is 1. The summed E-state index contributed by atoms with van der Waals surface area (Å²) in [6.45, 7) is 7.94. The Morgan fingerprint density at radius 2 is 1.81 bits per heavy atom. The molecule has 2 atom stereocenters. The zero-order valence-electron chi connectivity index (χ0n) is 19.0. The van der Waals surface area contributed by atoms with Crippen LogP contribution in [0.15, 0.2) is 0 Å². The fraction of sp³-hybridized carbons (Fsp3) is 0.818. The first-order chi connectivity index (χ1) is 14.6. The Morgan fingerprint density at radius 3 is 2.42 bits per heavy atom. The molecule has 9 heteroatoms. The molecule has 2 heterocycles. The van der Waals surface area contributed by atoms with E-state index < -0.39 is 23.3 Å². The highest BCUT2D eigenvalue weighted by Crippen LogP contribution is 2.21. The predicted molar refractivity (Wildman–Crippen MR) is 116 cm³/mol. The van der Waals surface area contributed by atoms with E-state index in [-0.39, 0.29) is 24.3 Å². The first-order valence-electron chi connectivity index (χ1n) is 11.4. The van der Waals surface area contributed by atoms with E-state index in [4.69, 9.17) is 0 Å². The zero-order chi connectivity index (χ0) is 23.0. The Labute approximate surface area is 184 Å². The van der Waals surface area contributed by atoms with E-state index in [2.05, 4.69) is 16.0 Å². The van der Waals surface area contributed by atoms with Gasteiger partial charge < -0.3 is 26.0 Å². The van der Waals surface area contributed by atoms with Gasteiger partial charge in [0.05, 0.1) is 5.92 Å². The number of hydrogen-bond donors (Lipinski definition) is 4. The molecule has 0 bridgehead atoms. The molecule has 2 fully saturated rings. The standard InChI is InChI=1S/C22H38N4O5/c1-22(2,3)21(31)25-17(20(29)30)13-24-19(28)16-5-4-12-26(14-16)18(27)7-6-15-8-10-23-11-9-15/h15-17,23H,4-14H2,1-3H3,(H,24,28)(H,25,31)(H,29,30)/t16-,17?/m1/s1. The molecule has 2 aliphatic heterocycles. The number of rotatable bonds is 8. The molecule has 9 nitrogen and oxygen atoms in total. The van der Waals surface area contributed by atoms with Crippen molar-refractivity contribution in [2.45, 2.75) is 65.3 Å². The molecule has 2 aliphatic rings. The van der Waals surface area contributed by atoms with Crippen LogP contribution in [0.1, 0.15) is 59.3 Å². The molecule has 0 aromatic carbocycles. The molecule has 1 unspecified atom stereocenters. The Balaban J connectivity index is 1.80. The second-order valence-electron chi connectivity index (χ2n) is 9.77. The SMILES string of the molecule is CC(C)(C)C(=O)NC(CNC(=O)[C@@H]1CCCN(C(=O)CCC2CCNCC2)C1)C(=O)O. The Bertz CT molecular complexity index is 655. The third kappa shape index (κ3) is 8.12. The molecule has 0 aromatic heterocycles. The quantitative estimate of drug-likeness (QED) is 0.443. The highest BCUT2D eigenvalue weighted by Gasteiger charge is 2.31. The van der Waals surface area contributed by atoms with Gasteiger partial charge in [-0.15, -0.1) is 0 Å². The van der Waals surface area contributed by atoms with E-state index in [0.717, 1.165) is 38.8 Å². The number of carboxylic acid groups (broad SMARTS) is 1. The number of piperidine rings is 2. The molecule has 0 spiro atoms. The molecule has 4 N–H and O–H groups in total. The molecule has 0 aliphatic carbocycles. The fourth-order valence-corrected chi connectivity index (χ4v) is 4.00. The molecule has 176 valence electrons. The van der Waals surface area contributed by atoms with E-state index >= 15 is 0 Å². The number of hydrogen-bond acceptors (Lipinski definition) is 5. The lowest BCUT2D eigenvalue weighted by molar-refractivity contribution is -0.143. The minimum Gasteiger partial charge on any atom is -0.480 e. The summed E-state index contributed by atoms with van der Waals surface area (Å²) in [5.74, 6) is -1.53. The normalized spacial score (nSPS) is 21.3. The van der Waals surface area contributed by atoms with Crippen LogP contribution in [0.4, 0.5) is 0 Å². The summed E-state index contributed by atoms with van der Waals surface area (Å²) in [7, 11) is 0. The minimum atomic E-state index is -1.20. The Morgan fingerprint density at radius 1 is 1.13 bits per heavy atom. The molecular formula is C22H38N4O5. The molecule has 31 heavy (non-hydrogen) atoms. The van der Waals surface area contributed by atoms with Gasteiger partial charge in [0.2, 0.25) is 17.7 Å². The highest BCUT2D eigenvalue weighted by atomic mass is 16.4. The fourth-order valence-electron chi connectivity index (χ4n) is 4.00. The highest BCUT2D eigenvalue weighted by molar-refractivity contribution is 5.87. The number of nitrogens with one attached hydrogen (secondary N) is 3. The first kappa shape index (κ1) is 25.1. The van der Waals surface area contributed by atoms with Crippen LogP contribution >= 0.6 is 0 Å². The number of carboxylic acids is 1. The van der Waals surface area contributed by atoms with Crippen LogP contribution in [0.25, 0.3) is 0 Å². The Hall–Kier alpha value is -2.16. The molecule has 2 saturated heterocycles. The first-order valence-corrected chi connectivity index (χ1v) is 11.4. The second kappa shape index (κ2) is 11.5.